The summed E-state index contributed by atoms with van der Waals surface area (Å²) in [4.78, 5) is 27.9. The molecule has 0 fully saturated rings. The van der Waals surface area contributed by atoms with Gasteiger partial charge in [0.05, 0.1) is 36.4 Å². The van der Waals surface area contributed by atoms with Crippen LogP contribution in [0.15, 0.2) is 42.7 Å². The summed E-state index contributed by atoms with van der Waals surface area (Å²) in [5.41, 5.74) is 3.57. The fourth-order valence-electron chi connectivity index (χ4n) is 3.05. The molecule has 3 rings (SSSR count). The van der Waals surface area contributed by atoms with Crippen LogP contribution in [0, 0.1) is 6.92 Å². The van der Waals surface area contributed by atoms with E-state index in [4.69, 9.17) is 4.74 Å². The van der Waals surface area contributed by atoms with Gasteiger partial charge in [-0.05, 0) is 31.0 Å². The molecule has 0 bridgehead atoms. The van der Waals surface area contributed by atoms with Gasteiger partial charge in [0, 0.05) is 5.69 Å². The van der Waals surface area contributed by atoms with Crippen molar-refractivity contribution in [2.75, 3.05) is 12.4 Å². The number of hydrogen-bond donors (Lipinski definition) is 2. The van der Waals surface area contributed by atoms with E-state index in [0.717, 1.165) is 12.1 Å². The molecule has 2 heterocycles. The molecule has 1 amide bonds. The second kappa shape index (κ2) is 7.90. The van der Waals surface area contributed by atoms with Gasteiger partial charge in [0.2, 0.25) is 0 Å². The molecule has 0 aliphatic heterocycles. The van der Waals surface area contributed by atoms with Crippen LogP contribution < -0.4 is 5.32 Å². The van der Waals surface area contributed by atoms with Crippen molar-refractivity contribution >= 4 is 17.6 Å². The first-order valence-electron chi connectivity index (χ1n) is 8.76. The Hall–Kier alpha value is -3.35. The lowest BCUT2D eigenvalue weighted by Crippen LogP contribution is -2.15. The number of carbonyl (C=O) groups excluding carboxylic acids is 2. The molecular formula is C20H22N4O3. The quantitative estimate of drug-likeness (QED) is 0.654. The van der Waals surface area contributed by atoms with Crippen LogP contribution in [-0.4, -0.2) is 33.8 Å². The second-order valence-corrected chi connectivity index (χ2v) is 6.18. The standard InChI is InChI=1S/C20H22N4O3/c1-4-8-16-17(20(26)27-3)13(2)22-18(16)19(25)23-14-11-21-24(12-14)15-9-6-5-7-10-15/h5-7,9-12,22H,4,8H2,1-3H3,(H,23,25). The number of methoxy groups -OCH3 is 1. The van der Waals surface area contributed by atoms with Gasteiger partial charge < -0.3 is 15.0 Å². The van der Waals surface area contributed by atoms with Gasteiger partial charge >= 0.3 is 5.97 Å². The topological polar surface area (TPSA) is 89.0 Å². The molecule has 2 aromatic heterocycles. The van der Waals surface area contributed by atoms with Gasteiger partial charge in [-0.3, -0.25) is 4.79 Å². The van der Waals surface area contributed by atoms with Crippen molar-refractivity contribution in [3.05, 3.63) is 65.2 Å². The largest absolute Gasteiger partial charge is 0.465 e. The summed E-state index contributed by atoms with van der Waals surface area (Å²) in [6.45, 7) is 3.75. The van der Waals surface area contributed by atoms with Gasteiger partial charge in [0.25, 0.3) is 5.91 Å². The lowest BCUT2D eigenvalue weighted by molar-refractivity contribution is 0.0599. The van der Waals surface area contributed by atoms with Crippen LogP contribution in [0.2, 0.25) is 0 Å². The summed E-state index contributed by atoms with van der Waals surface area (Å²) in [5.74, 6) is -0.757. The number of hydrogen-bond acceptors (Lipinski definition) is 4. The molecule has 0 saturated carbocycles. The van der Waals surface area contributed by atoms with Crippen LogP contribution in [0.5, 0.6) is 0 Å². The number of nitrogens with zero attached hydrogens (tertiary/aromatic N) is 2. The number of H-pyrrole nitrogens is 1. The molecule has 1 aromatic carbocycles. The number of anilines is 1. The summed E-state index contributed by atoms with van der Waals surface area (Å²) >= 11 is 0. The number of carbonyl (C=O) groups is 2. The molecule has 0 aliphatic rings. The Morgan fingerprint density at radius 3 is 2.67 bits per heavy atom. The Balaban J connectivity index is 1.86. The number of esters is 1. The van der Waals surface area contributed by atoms with E-state index in [1.54, 1.807) is 24.0 Å². The van der Waals surface area contributed by atoms with Gasteiger partial charge in [-0.2, -0.15) is 5.10 Å². The number of ether oxygens (including phenoxy) is 1. The lowest BCUT2D eigenvalue weighted by atomic mass is 10.0. The first kappa shape index (κ1) is 18.4. The zero-order valence-electron chi connectivity index (χ0n) is 15.6. The maximum Gasteiger partial charge on any atom is 0.339 e. The lowest BCUT2D eigenvalue weighted by Gasteiger charge is -2.06. The molecule has 7 nitrogen and oxygen atoms in total. The zero-order valence-corrected chi connectivity index (χ0v) is 15.6. The molecule has 0 unspecified atom stereocenters. The minimum atomic E-state index is -0.442. The number of aromatic amines is 1. The average molecular weight is 366 g/mol. The van der Waals surface area contributed by atoms with E-state index in [0.29, 0.717) is 34.6 Å². The summed E-state index contributed by atoms with van der Waals surface area (Å²) < 4.78 is 6.55. The number of amides is 1. The highest BCUT2D eigenvalue weighted by Crippen LogP contribution is 2.23. The van der Waals surface area contributed by atoms with Crippen LogP contribution in [0.4, 0.5) is 5.69 Å². The molecule has 140 valence electrons. The van der Waals surface area contributed by atoms with E-state index in [2.05, 4.69) is 15.4 Å². The fourth-order valence-corrected chi connectivity index (χ4v) is 3.05. The molecule has 27 heavy (non-hydrogen) atoms. The number of aryl methyl sites for hydroxylation is 1. The Kier molecular flexibility index (Phi) is 5.40. The van der Waals surface area contributed by atoms with Crippen molar-refractivity contribution in [1.29, 1.82) is 0 Å². The van der Waals surface area contributed by atoms with Gasteiger partial charge in [-0.25, -0.2) is 9.48 Å². The molecule has 0 spiro atoms. The summed E-state index contributed by atoms with van der Waals surface area (Å²) in [5, 5.41) is 7.11. The monoisotopic (exact) mass is 366 g/mol. The SMILES string of the molecule is CCCc1c(C(=O)Nc2cnn(-c3ccccc3)c2)[nH]c(C)c1C(=O)OC. The van der Waals surface area contributed by atoms with Crippen molar-refractivity contribution in [3.8, 4) is 5.69 Å². The molecule has 0 atom stereocenters. The van der Waals surface area contributed by atoms with E-state index in [1.165, 1.54) is 7.11 Å². The first-order chi connectivity index (χ1) is 13.0. The van der Waals surface area contributed by atoms with Crippen molar-refractivity contribution < 1.29 is 14.3 Å². The Labute approximate surface area is 157 Å². The highest BCUT2D eigenvalue weighted by Gasteiger charge is 2.25. The van der Waals surface area contributed by atoms with E-state index < -0.39 is 5.97 Å². The van der Waals surface area contributed by atoms with Gasteiger partial charge in [-0.15, -0.1) is 0 Å². The normalized spacial score (nSPS) is 10.6. The minimum Gasteiger partial charge on any atom is -0.465 e. The molecule has 3 aromatic rings. The predicted molar refractivity (Wildman–Crippen MR) is 102 cm³/mol. The Bertz CT molecular complexity index is 957. The van der Waals surface area contributed by atoms with Crippen LogP contribution in [-0.2, 0) is 11.2 Å². The van der Waals surface area contributed by atoms with Crippen LogP contribution in [0.25, 0.3) is 5.69 Å². The minimum absolute atomic E-state index is 0.315. The average Bonchev–Trinajstić information content (AvgIpc) is 3.27. The molecule has 0 saturated heterocycles. The number of rotatable bonds is 6. The van der Waals surface area contributed by atoms with Crippen molar-refractivity contribution in [1.82, 2.24) is 14.8 Å². The Morgan fingerprint density at radius 2 is 2.00 bits per heavy atom. The summed E-state index contributed by atoms with van der Waals surface area (Å²) in [7, 11) is 1.34. The third-order valence-electron chi connectivity index (χ3n) is 4.27. The maximum absolute atomic E-state index is 12.8. The van der Waals surface area contributed by atoms with E-state index >= 15 is 0 Å². The smallest absolute Gasteiger partial charge is 0.339 e. The zero-order chi connectivity index (χ0) is 19.4. The van der Waals surface area contributed by atoms with Gasteiger partial charge in [-0.1, -0.05) is 31.5 Å². The fraction of sp³-hybridized carbons (Fsp3) is 0.250. The molecule has 0 aliphatic carbocycles. The van der Waals surface area contributed by atoms with E-state index in [-0.39, 0.29) is 5.91 Å². The van der Waals surface area contributed by atoms with Gasteiger partial charge in [0.1, 0.15) is 5.69 Å². The molecule has 2 N–H and O–H groups in total. The predicted octanol–water partition coefficient (Wildman–Crippen LogP) is 3.50. The van der Waals surface area contributed by atoms with Crippen molar-refractivity contribution in [3.63, 3.8) is 0 Å². The summed E-state index contributed by atoms with van der Waals surface area (Å²) in [6, 6.07) is 9.62. The van der Waals surface area contributed by atoms with E-state index in [9.17, 15) is 9.59 Å². The number of aromatic nitrogens is 3. The Morgan fingerprint density at radius 1 is 1.26 bits per heavy atom. The summed E-state index contributed by atoms with van der Waals surface area (Å²) in [6.07, 6.45) is 4.72. The number of nitrogens with one attached hydrogen (secondary N) is 2. The highest BCUT2D eigenvalue weighted by molar-refractivity contribution is 6.06. The second-order valence-electron chi connectivity index (χ2n) is 6.18. The highest BCUT2D eigenvalue weighted by atomic mass is 16.5. The van der Waals surface area contributed by atoms with Crippen LogP contribution in [0.1, 0.15) is 45.4 Å². The molecule has 0 radical (unpaired) electrons. The van der Waals surface area contributed by atoms with Gasteiger partial charge in [0.15, 0.2) is 0 Å². The molecular weight excluding hydrogens is 344 g/mol. The third-order valence-corrected chi connectivity index (χ3v) is 4.27. The van der Waals surface area contributed by atoms with Crippen molar-refractivity contribution in [2.24, 2.45) is 0 Å². The van der Waals surface area contributed by atoms with Crippen LogP contribution in [0.3, 0.4) is 0 Å². The van der Waals surface area contributed by atoms with Crippen molar-refractivity contribution in [2.45, 2.75) is 26.7 Å². The first-order valence-corrected chi connectivity index (χ1v) is 8.76. The third kappa shape index (κ3) is 3.76. The molecule has 7 heteroatoms. The van der Waals surface area contributed by atoms with Crippen LogP contribution >= 0.6 is 0 Å². The maximum atomic E-state index is 12.8. The van der Waals surface area contributed by atoms with E-state index in [1.807, 2.05) is 37.3 Å². The number of benzene rings is 1. The number of para-hydroxylation sites is 1.